The number of rotatable bonds is 6. The summed E-state index contributed by atoms with van der Waals surface area (Å²) >= 11 is 0. The summed E-state index contributed by atoms with van der Waals surface area (Å²) < 4.78 is 54.4. The normalized spacial score (nSPS) is 11.3. The van der Waals surface area contributed by atoms with Gasteiger partial charge in [-0.2, -0.15) is 0 Å². The lowest BCUT2D eigenvalue weighted by Crippen LogP contribution is -2.16. The van der Waals surface area contributed by atoms with Crippen LogP contribution in [-0.2, 0) is 21.2 Å². The van der Waals surface area contributed by atoms with E-state index in [0.29, 0.717) is 28.6 Å². The highest BCUT2D eigenvalue weighted by Gasteiger charge is 2.21. The lowest BCUT2D eigenvalue weighted by Gasteiger charge is -2.12. The number of Topliss-reactive ketones (excluding diaryl/α,β-unsaturated/α-hetero) is 1. The van der Waals surface area contributed by atoms with Crippen LogP contribution in [0.2, 0.25) is 0 Å². The molecule has 0 bridgehead atoms. The zero-order chi connectivity index (χ0) is 21.2. The van der Waals surface area contributed by atoms with Crippen molar-refractivity contribution in [3.8, 4) is 11.1 Å². The van der Waals surface area contributed by atoms with Crippen molar-refractivity contribution in [1.82, 2.24) is 9.97 Å². The molecule has 9 heteroatoms. The number of pyridine rings is 2. The number of ketones is 1. The summed E-state index contributed by atoms with van der Waals surface area (Å²) in [5.41, 5.74) is 2.37. The number of nitrogens with one attached hydrogen (secondary N) is 1. The fourth-order valence-electron chi connectivity index (χ4n) is 2.70. The molecule has 0 unspecified atom stereocenters. The molecule has 1 aromatic carbocycles. The zero-order valence-corrected chi connectivity index (χ0v) is 16.4. The second-order valence-electron chi connectivity index (χ2n) is 6.45. The van der Waals surface area contributed by atoms with Gasteiger partial charge in [-0.05, 0) is 49.7 Å². The monoisotopic (exact) mass is 417 g/mol. The van der Waals surface area contributed by atoms with Crippen molar-refractivity contribution in [2.24, 2.45) is 0 Å². The number of aromatic nitrogens is 2. The lowest BCUT2D eigenvalue weighted by molar-refractivity contribution is -0.116. The van der Waals surface area contributed by atoms with Crippen LogP contribution in [0, 0.1) is 18.6 Å². The van der Waals surface area contributed by atoms with Gasteiger partial charge in [0.25, 0.3) is 10.0 Å². The van der Waals surface area contributed by atoms with E-state index in [-0.39, 0.29) is 17.9 Å². The average molecular weight is 417 g/mol. The first-order valence-electron chi connectivity index (χ1n) is 8.55. The number of hydrogen-bond donors (Lipinski definition) is 1. The van der Waals surface area contributed by atoms with Crippen LogP contribution in [0.3, 0.4) is 0 Å². The van der Waals surface area contributed by atoms with Gasteiger partial charge < -0.3 is 0 Å². The molecule has 0 aliphatic carbocycles. The van der Waals surface area contributed by atoms with Gasteiger partial charge >= 0.3 is 0 Å². The van der Waals surface area contributed by atoms with Crippen molar-refractivity contribution in [2.45, 2.75) is 25.2 Å². The third kappa shape index (κ3) is 4.80. The second kappa shape index (κ2) is 8.04. The van der Waals surface area contributed by atoms with Gasteiger partial charge in [-0.15, -0.1) is 0 Å². The third-order valence-electron chi connectivity index (χ3n) is 4.09. The molecule has 0 radical (unpaired) electrons. The van der Waals surface area contributed by atoms with Crippen LogP contribution in [0.1, 0.15) is 18.3 Å². The van der Waals surface area contributed by atoms with Crippen molar-refractivity contribution >= 4 is 21.5 Å². The molecule has 2 aromatic heterocycles. The highest BCUT2D eigenvalue weighted by atomic mass is 32.2. The summed E-state index contributed by atoms with van der Waals surface area (Å²) in [6.45, 7) is 3.06. The maximum Gasteiger partial charge on any atom is 0.264 e. The van der Waals surface area contributed by atoms with E-state index in [0.717, 1.165) is 12.1 Å². The Balaban J connectivity index is 1.97. The highest BCUT2D eigenvalue weighted by molar-refractivity contribution is 7.92. The maximum absolute atomic E-state index is 13.9. The summed E-state index contributed by atoms with van der Waals surface area (Å²) in [5, 5.41) is 0. The Hall–Kier alpha value is -3.20. The molecule has 0 saturated carbocycles. The Morgan fingerprint density at radius 2 is 1.83 bits per heavy atom. The average Bonchev–Trinajstić information content (AvgIpc) is 2.62. The Labute approximate surface area is 166 Å². The first-order valence-corrected chi connectivity index (χ1v) is 10.0. The zero-order valence-electron chi connectivity index (χ0n) is 15.6. The molecule has 0 aliphatic rings. The van der Waals surface area contributed by atoms with Gasteiger partial charge in [-0.3, -0.25) is 19.5 Å². The van der Waals surface area contributed by atoms with E-state index in [1.165, 1.54) is 6.92 Å². The molecule has 150 valence electrons. The van der Waals surface area contributed by atoms with Crippen molar-refractivity contribution in [3.05, 3.63) is 71.8 Å². The second-order valence-corrected chi connectivity index (χ2v) is 8.10. The molecule has 0 saturated heterocycles. The molecule has 1 N–H and O–H groups in total. The van der Waals surface area contributed by atoms with Crippen molar-refractivity contribution in [2.75, 3.05) is 4.72 Å². The molecule has 2 heterocycles. The number of aryl methyl sites for hydroxylation is 1. The molecular formula is C20H17F2N3O3S. The minimum Gasteiger partial charge on any atom is -0.300 e. The first kappa shape index (κ1) is 20.5. The molecule has 0 atom stereocenters. The predicted octanol–water partition coefficient (Wildman–Crippen LogP) is 3.66. The summed E-state index contributed by atoms with van der Waals surface area (Å²) in [5.74, 6) is -2.10. The van der Waals surface area contributed by atoms with Gasteiger partial charge in [0.05, 0.1) is 11.4 Å². The van der Waals surface area contributed by atoms with Crippen LogP contribution in [-0.4, -0.2) is 24.2 Å². The number of nitrogens with zero attached hydrogens (tertiary/aromatic N) is 2. The first-order chi connectivity index (χ1) is 13.7. The Morgan fingerprint density at radius 1 is 1.07 bits per heavy atom. The molecule has 0 amide bonds. The third-order valence-corrected chi connectivity index (χ3v) is 5.49. The van der Waals surface area contributed by atoms with Crippen LogP contribution in [0.4, 0.5) is 14.5 Å². The molecule has 0 fully saturated rings. The molecule has 29 heavy (non-hydrogen) atoms. The van der Waals surface area contributed by atoms with Crippen LogP contribution in [0.5, 0.6) is 0 Å². The van der Waals surface area contributed by atoms with E-state index in [9.17, 15) is 22.0 Å². The maximum atomic E-state index is 13.9. The number of carbonyl (C=O) groups is 1. The van der Waals surface area contributed by atoms with Crippen molar-refractivity contribution < 1.29 is 22.0 Å². The fraction of sp³-hybridized carbons (Fsp3) is 0.150. The summed E-state index contributed by atoms with van der Waals surface area (Å²) in [7, 11) is -4.29. The van der Waals surface area contributed by atoms with E-state index in [4.69, 9.17) is 0 Å². The number of halogens is 2. The van der Waals surface area contributed by atoms with E-state index < -0.39 is 26.6 Å². The molecule has 3 rings (SSSR count). The quantitative estimate of drug-likeness (QED) is 0.661. The van der Waals surface area contributed by atoms with Gasteiger partial charge in [-0.25, -0.2) is 17.2 Å². The SMILES string of the molecule is CC(=O)Cc1cc(-c2cnc(C)c(NS(=O)(=O)c3ccc(F)cc3F)c2)ccn1. The van der Waals surface area contributed by atoms with Crippen LogP contribution in [0.15, 0.2) is 53.7 Å². The smallest absolute Gasteiger partial charge is 0.264 e. The standard InChI is InChI=1S/C20H17F2N3O3S/c1-12(26)7-17-8-14(5-6-23-17)15-9-19(13(2)24-11-15)25-29(27,28)20-4-3-16(21)10-18(20)22/h3-6,8-11,25H,7H2,1-2H3. The van der Waals surface area contributed by atoms with Gasteiger partial charge in [0.2, 0.25) is 0 Å². The van der Waals surface area contributed by atoms with Gasteiger partial charge in [0.15, 0.2) is 0 Å². The molecular weight excluding hydrogens is 400 g/mol. The molecule has 0 aliphatic heterocycles. The number of sulfonamides is 1. The summed E-state index contributed by atoms with van der Waals surface area (Å²) in [6.07, 6.45) is 3.28. The number of hydrogen-bond acceptors (Lipinski definition) is 5. The van der Waals surface area contributed by atoms with Gasteiger partial charge in [0.1, 0.15) is 22.3 Å². The van der Waals surface area contributed by atoms with E-state index >= 15 is 0 Å². The van der Waals surface area contributed by atoms with Gasteiger partial charge in [0, 0.05) is 36.1 Å². The van der Waals surface area contributed by atoms with E-state index in [1.807, 2.05) is 0 Å². The Kier molecular flexibility index (Phi) is 5.69. The van der Waals surface area contributed by atoms with E-state index in [1.54, 1.807) is 37.5 Å². The lowest BCUT2D eigenvalue weighted by atomic mass is 10.1. The molecule has 6 nitrogen and oxygen atoms in total. The van der Waals surface area contributed by atoms with Crippen LogP contribution >= 0.6 is 0 Å². The molecule has 0 spiro atoms. The minimum atomic E-state index is -4.29. The van der Waals surface area contributed by atoms with Crippen molar-refractivity contribution in [3.63, 3.8) is 0 Å². The van der Waals surface area contributed by atoms with Crippen molar-refractivity contribution in [1.29, 1.82) is 0 Å². The topological polar surface area (TPSA) is 89.0 Å². The molecule has 3 aromatic rings. The van der Waals surface area contributed by atoms with Crippen LogP contribution in [0.25, 0.3) is 11.1 Å². The summed E-state index contributed by atoms with van der Waals surface area (Å²) in [6, 6.07) is 7.20. The summed E-state index contributed by atoms with van der Waals surface area (Å²) in [4.78, 5) is 19.0. The largest absolute Gasteiger partial charge is 0.300 e. The predicted molar refractivity (Wildman–Crippen MR) is 104 cm³/mol. The minimum absolute atomic E-state index is 0.0357. The van der Waals surface area contributed by atoms with E-state index in [2.05, 4.69) is 14.7 Å². The number of benzene rings is 1. The number of anilines is 1. The number of carbonyl (C=O) groups excluding carboxylic acids is 1. The Bertz CT molecular complexity index is 1200. The fourth-order valence-corrected chi connectivity index (χ4v) is 3.87. The van der Waals surface area contributed by atoms with Crippen LogP contribution < -0.4 is 4.72 Å². The Morgan fingerprint density at radius 3 is 2.52 bits per heavy atom. The van der Waals surface area contributed by atoms with Gasteiger partial charge in [-0.1, -0.05) is 0 Å². The highest BCUT2D eigenvalue weighted by Crippen LogP contribution is 2.27.